The van der Waals surface area contributed by atoms with Crippen molar-refractivity contribution in [1.29, 1.82) is 0 Å². The fourth-order valence-corrected chi connectivity index (χ4v) is 1.68. The Morgan fingerprint density at radius 2 is 2.28 bits per heavy atom. The Morgan fingerprint density at radius 3 is 2.89 bits per heavy atom. The summed E-state index contributed by atoms with van der Waals surface area (Å²) in [5.41, 5.74) is 0. The molecule has 6 heteroatoms. The van der Waals surface area contributed by atoms with Gasteiger partial charge in [0.2, 0.25) is 5.91 Å². The molecule has 0 fully saturated rings. The van der Waals surface area contributed by atoms with Gasteiger partial charge in [0.15, 0.2) is 0 Å². The topological polar surface area (TPSA) is 64.7 Å². The van der Waals surface area contributed by atoms with Crippen molar-refractivity contribution in [3.05, 3.63) is 36.7 Å². The Balaban J connectivity index is 1.82. The molecule has 0 saturated heterocycles. The second-order valence-corrected chi connectivity index (χ2v) is 4.30. The zero-order valence-electron chi connectivity index (χ0n) is 10.6. The summed E-state index contributed by atoms with van der Waals surface area (Å²) in [7, 11) is 1.90. The van der Waals surface area contributed by atoms with E-state index < -0.39 is 0 Å². The van der Waals surface area contributed by atoms with Crippen LogP contribution in [0.4, 0.5) is 0 Å². The maximum atomic E-state index is 11.9. The molecule has 0 aliphatic heterocycles. The van der Waals surface area contributed by atoms with Crippen LogP contribution in [0.3, 0.4) is 0 Å². The van der Waals surface area contributed by atoms with Crippen molar-refractivity contribution in [3.8, 4) is 0 Å². The van der Waals surface area contributed by atoms with E-state index in [1.165, 1.54) is 0 Å². The summed E-state index contributed by atoms with van der Waals surface area (Å²) in [6, 6.07) is 1.85. The molecule has 0 saturated carbocycles. The summed E-state index contributed by atoms with van der Waals surface area (Å²) in [6.45, 7) is 2.92. The lowest BCUT2D eigenvalue weighted by atomic mass is 10.1. The molecule has 1 atom stereocenters. The van der Waals surface area contributed by atoms with E-state index in [9.17, 15) is 4.79 Å². The van der Waals surface area contributed by atoms with Crippen LogP contribution in [0, 0.1) is 5.92 Å². The quantitative estimate of drug-likeness (QED) is 0.840. The standard InChI is InChI=1S/C12H17N5O/c1-10(9-17-6-3-4-15-17)12(18)14-8-11-13-5-7-16(11)2/h3-7,10H,8-9H2,1-2H3,(H,14,18). The van der Waals surface area contributed by atoms with Gasteiger partial charge >= 0.3 is 0 Å². The minimum absolute atomic E-state index is 0.00787. The smallest absolute Gasteiger partial charge is 0.225 e. The van der Waals surface area contributed by atoms with Crippen LogP contribution in [0.5, 0.6) is 0 Å². The lowest BCUT2D eigenvalue weighted by molar-refractivity contribution is -0.125. The van der Waals surface area contributed by atoms with Crippen molar-refractivity contribution in [2.45, 2.75) is 20.0 Å². The van der Waals surface area contributed by atoms with Gasteiger partial charge in [-0.15, -0.1) is 0 Å². The maximum absolute atomic E-state index is 11.9. The summed E-state index contributed by atoms with van der Waals surface area (Å²) < 4.78 is 3.64. The third kappa shape index (κ3) is 2.97. The fourth-order valence-electron chi connectivity index (χ4n) is 1.68. The van der Waals surface area contributed by atoms with Gasteiger partial charge in [0.05, 0.1) is 19.0 Å². The van der Waals surface area contributed by atoms with E-state index in [0.29, 0.717) is 13.1 Å². The van der Waals surface area contributed by atoms with Gasteiger partial charge in [-0.1, -0.05) is 6.92 Å². The first-order valence-corrected chi connectivity index (χ1v) is 5.88. The number of aromatic nitrogens is 4. The Kier molecular flexibility index (Phi) is 3.76. The van der Waals surface area contributed by atoms with Crippen LogP contribution >= 0.6 is 0 Å². The average Bonchev–Trinajstić information content (AvgIpc) is 2.98. The molecule has 0 radical (unpaired) electrons. The molecule has 96 valence electrons. The van der Waals surface area contributed by atoms with Crippen LogP contribution in [0.15, 0.2) is 30.9 Å². The Bertz CT molecular complexity index is 502. The monoisotopic (exact) mass is 247 g/mol. The van der Waals surface area contributed by atoms with Crippen LogP contribution in [0.1, 0.15) is 12.7 Å². The number of carbonyl (C=O) groups is 1. The molecule has 6 nitrogen and oxygen atoms in total. The Hall–Kier alpha value is -2.11. The first-order valence-electron chi connectivity index (χ1n) is 5.88. The molecule has 2 aromatic rings. The minimum Gasteiger partial charge on any atom is -0.349 e. The van der Waals surface area contributed by atoms with E-state index in [-0.39, 0.29) is 11.8 Å². The normalized spacial score (nSPS) is 12.3. The van der Waals surface area contributed by atoms with Crippen molar-refractivity contribution in [1.82, 2.24) is 24.6 Å². The molecule has 2 rings (SSSR count). The van der Waals surface area contributed by atoms with Crippen LogP contribution in [-0.2, 0) is 24.9 Å². The maximum Gasteiger partial charge on any atom is 0.225 e. The second kappa shape index (κ2) is 5.48. The molecule has 1 amide bonds. The summed E-state index contributed by atoms with van der Waals surface area (Å²) in [5.74, 6) is 0.730. The van der Waals surface area contributed by atoms with Crippen molar-refractivity contribution in [2.24, 2.45) is 13.0 Å². The predicted octanol–water partition coefficient (Wildman–Crippen LogP) is 0.569. The highest BCUT2D eigenvalue weighted by Crippen LogP contribution is 2.01. The second-order valence-electron chi connectivity index (χ2n) is 4.30. The zero-order valence-corrected chi connectivity index (χ0v) is 10.6. The third-order valence-electron chi connectivity index (χ3n) is 2.81. The lowest BCUT2D eigenvalue weighted by Crippen LogP contribution is -2.32. The van der Waals surface area contributed by atoms with Gasteiger partial charge < -0.3 is 9.88 Å². The molecule has 1 unspecified atom stereocenters. The highest BCUT2D eigenvalue weighted by atomic mass is 16.1. The number of nitrogens with zero attached hydrogens (tertiary/aromatic N) is 4. The van der Waals surface area contributed by atoms with Crippen molar-refractivity contribution >= 4 is 5.91 Å². The van der Waals surface area contributed by atoms with Gasteiger partial charge in [0.25, 0.3) is 0 Å². The number of hydrogen-bond donors (Lipinski definition) is 1. The van der Waals surface area contributed by atoms with Crippen molar-refractivity contribution in [3.63, 3.8) is 0 Å². The number of imidazole rings is 1. The van der Waals surface area contributed by atoms with Gasteiger partial charge in [-0.3, -0.25) is 9.48 Å². The largest absolute Gasteiger partial charge is 0.349 e. The highest BCUT2D eigenvalue weighted by Gasteiger charge is 2.13. The van der Waals surface area contributed by atoms with Gasteiger partial charge in [0, 0.05) is 31.8 Å². The van der Waals surface area contributed by atoms with Crippen LogP contribution in [0.25, 0.3) is 0 Å². The predicted molar refractivity (Wildman–Crippen MR) is 66.4 cm³/mol. The van der Waals surface area contributed by atoms with E-state index in [1.54, 1.807) is 17.1 Å². The Morgan fingerprint density at radius 1 is 1.44 bits per heavy atom. The van der Waals surface area contributed by atoms with E-state index in [0.717, 1.165) is 5.82 Å². The van der Waals surface area contributed by atoms with E-state index in [2.05, 4.69) is 15.4 Å². The molecule has 0 spiro atoms. The van der Waals surface area contributed by atoms with E-state index in [4.69, 9.17) is 0 Å². The molecule has 2 heterocycles. The number of aryl methyl sites for hydroxylation is 1. The van der Waals surface area contributed by atoms with E-state index >= 15 is 0 Å². The molecule has 0 aromatic carbocycles. The average molecular weight is 247 g/mol. The van der Waals surface area contributed by atoms with Crippen molar-refractivity contribution in [2.75, 3.05) is 0 Å². The van der Waals surface area contributed by atoms with Gasteiger partial charge in [-0.25, -0.2) is 4.98 Å². The molecule has 18 heavy (non-hydrogen) atoms. The molecule has 0 aliphatic rings. The molecule has 2 aromatic heterocycles. The summed E-state index contributed by atoms with van der Waals surface area (Å²) in [4.78, 5) is 16.0. The molecule has 1 N–H and O–H groups in total. The SMILES string of the molecule is CC(Cn1cccn1)C(=O)NCc1nccn1C. The minimum atomic E-state index is -0.120. The number of rotatable bonds is 5. The Labute approximate surface area is 106 Å². The first kappa shape index (κ1) is 12.3. The van der Waals surface area contributed by atoms with Crippen molar-refractivity contribution < 1.29 is 4.79 Å². The third-order valence-corrected chi connectivity index (χ3v) is 2.81. The molecular weight excluding hydrogens is 230 g/mol. The van der Waals surface area contributed by atoms with Crippen LogP contribution in [-0.4, -0.2) is 25.2 Å². The van der Waals surface area contributed by atoms with Crippen LogP contribution in [0.2, 0.25) is 0 Å². The fraction of sp³-hybridized carbons (Fsp3) is 0.417. The van der Waals surface area contributed by atoms with Gasteiger partial charge in [-0.2, -0.15) is 5.10 Å². The van der Waals surface area contributed by atoms with Crippen LogP contribution < -0.4 is 5.32 Å². The summed E-state index contributed by atoms with van der Waals surface area (Å²) in [5, 5.41) is 6.96. The number of carbonyl (C=O) groups excluding carboxylic acids is 1. The number of hydrogen-bond acceptors (Lipinski definition) is 3. The van der Waals surface area contributed by atoms with Gasteiger partial charge in [-0.05, 0) is 6.07 Å². The molecule has 0 aliphatic carbocycles. The summed E-state index contributed by atoms with van der Waals surface area (Å²) >= 11 is 0. The molecule has 0 bridgehead atoms. The number of amides is 1. The highest BCUT2D eigenvalue weighted by molar-refractivity contribution is 5.78. The molecular formula is C12H17N5O. The number of nitrogens with one attached hydrogen (secondary N) is 1. The first-order chi connectivity index (χ1) is 8.66. The summed E-state index contributed by atoms with van der Waals surface area (Å²) in [6.07, 6.45) is 7.13. The van der Waals surface area contributed by atoms with E-state index in [1.807, 2.05) is 37.0 Å². The lowest BCUT2D eigenvalue weighted by Gasteiger charge is -2.12. The van der Waals surface area contributed by atoms with Gasteiger partial charge in [0.1, 0.15) is 5.82 Å². The zero-order chi connectivity index (χ0) is 13.0.